The Labute approximate surface area is 187 Å². The summed E-state index contributed by atoms with van der Waals surface area (Å²) >= 11 is 0. The molecule has 0 N–H and O–H groups in total. The van der Waals surface area contributed by atoms with Gasteiger partial charge in [-0.05, 0) is 32.4 Å². The minimum Gasteiger partial charge on any atom is -0.474 e. The van der Waals surface area contributed by atoms with Gasteiger partial charge in [-0.3, -0.25) is 0 Å². The fourth-order valence-corrected chi connectivity index (χ4v) is 4.70. The van der Waals surface area contributed by atoms with E-state index in [0.29, 0.717) is 44.8 Å². The first-order valence-electron chi connectivity index (χ1n) is 10.7. The van der Waals surface area contributed by atoms with Crippen LogP contribution in [0.15, 0.2) is 29.7 Å². The molecule has 2 atom stereocenters. The summed E-state index contributed by atoms with van der Waals surface area (Å²) in [6, 6.07) is 3.24. The molecule has 2 aromatic heterocycles. The van der Waals surface area contributed by atoms with Gasteiger partial charge in [-0.15, -0.1) is 0 Å². The smallest absolute Gasteiger partial charge is 0.409 e. The standard InChI is InChI=1S/C21H27N5O5S/c1-4-30-21(27)25-9-7-16(11-14(25)2)31-20-17-8-10-26(19(17)23-13-24-20)15-5-6-18(22-12-15)32(3,28)29/h5-6,12-14,16H,4,7-11H2,1-3H3. The maximum absolute atomic E-state index is 12.1. The van der Waals surface area contributed by atoms with Crippen LogP contribution in [-0.4, -0.2) is 72.5 Å². The van der Waals surface area contributed by atoms with Crippen LogP contribution in [0.25, 0.3) is 0 Å². The quantitative estimate of drug-likeness (QED) is 0.662. The molecule has 0 aliphatic carbocycles. The third-order valence-electron chi connectivity index (χ3n) is 5.75. The van der Waals surface area contributed by atoms with Crippen molar-refractivity contribution in [3.05, 3.63) is 30.2 Å². The number of sulfone groups is 1. The predicted octanol–water partition coefficient (Wildman–Crippen LogP) is 2.36. The van der Waals surface area contributed by atoms with Crippen molar-refractivity contribution in [2.75, 3.05) is 30.9 Å². The molecular weight excluding hydrogens is 434 g/mol. The van der Waals surface area contributed by atoms with Gasteiger partial charge in [0.1, 0.15) is 18.2 Å². The van der Waals surface area contributed by atoms with Gasteiger partial charge in [-0.1, -0.05) is 0 Å². The zero-order chi connectivity index (χ0) is 22.9. The second-order valence-corrected chi connectivity index (χ2v) is 9.98. The third-order valence-corrected chi connectivity index (χ3v) is 6.75. The number of rotatable bonds is 5. The first-order chi connectivity index (χ1) is 15.3. The highest BCUT2D eigenvalue weighted by Gasteiger charge is 2.33. The zero-order valence-corrected chi connectivity index (χ0v) is 19.2. The molecule has 0 saturated carbocycles. The summed E-state index contributed by atoms with van der Waals surface area (Å²) < 4.78 is 34.7. The number of piperidine rings is 1. The highest BCUT2D eigenvalue weighted by molar-refractivity contribution is 7.90. The zero-order valence-electron chi connectivity index (χ0n) is 18.4. The second kappa shape index (κ2) is 8.89. The minimum absolute atomic E-state index is 0.0126. The van der Waals surface area contributed by atoms with Crippen molar-refractivity contribution < 1.29 is 22.7 Å². The van der Waals surface area contributed by atoms with Crippen LogP contribution in [0.1, 0.15) is 32.3 Å². The van der Waals surface area contributed by atoms with E-state index in [2.05, 4.69) is 15.0 Å². The number of nitrogens with zero attached hydrogens (tertiary/aromatic N) is 5. The van der Waals surface area contributed by atoms with Crippen LogP contribution in [-0.2, 0) is 21.0 Å². The Morgan fingerprint density at radius 2 is 2.03 bits per heavy atom. The lowest BCUT2D eigenvalue weighted by atomic mass is 10.0. The molecule has 1 amide bonds. The van der Waals surface area contributed by atoms with Gasteiger partial charge in [0.05, 0.1) is 24.1 Å². The van der Waals surface area contributed by atoms with Crippen molar-refractivity contribution in [2.45, 2.75) is 50.3 Å². The van der Waals surface area contributed by atoms with Gasteiger partial charge in [0, 0.05) is 38.2 Å². The number of aromatic nitrogens is 3. The molecule has 2 aliphatic rings. The molecule has 2 unspecified atom stereocenters. The Bertz CT molecular complexity index is 1090. The lowest BCUT2D eigenvalue weighted by Crippen LogP contribution is -2.47. The topological polar surface area (TPSA) is 115 Å². The molecule has 10 nitrogen and oxygen atoms in total. The van der Waals surface area contributed by atoms with Crippen LogP contribution in [0.3, 0.4) is 0 Å². The van der Waals surface area contributed by atoms with Gasteiger partial charge in [0.2, 0.25) is 5.88 Å². The molecule has 0 aromatic carbocycles. The molecule has 1 saturated heterocycles. The predicted molar refractivity (Wildman–Crippen MR) is 117 cm³/mol. The van der Waals surface area contributed by atoms with E-state index in [0.717, 1.165) is 23.3 Å². The van der Waals surface area contributed by atoms with Crippen LogP contribution in [0.5, 0.6) is 5.88 Å². The summed E-state index contributed by atoms with van der Waals surface area (Å²) in [4.78, 5) is 28.7. The van der Waals surface area contributed by atoms with E-state index in [9.17, 15) is 13.2 Å². The minimum atomic E-state index is -3.35. The van der Waals surface area contributed by atoms with Gasteiger partial charge in [0.25, 0.3) is 0 Å². The number of hydrogen-bond acceptors (Lipinski definition) is 9. The fourth-order valence-electron chi connectivity index (χ4n) is 4.14. The lowest BCUT2D eigenvalue weighted by molar-refractivity contribution is 0.0433. The van der Waals surface area contributed by atoms with E-state index in [-0.39, 0.29) is 23.3 Å². The molecule has 2 aromatic rings. The fraction of sp³-hybridized carbons (Fsp3) is 0.524. The van der Waals surface area contributed by atoms with Gasteiger partial charge in [-0.2, -0.15) is 0 Å². The highest BCUT2D eigenvalue weighted by atomic mass is 32.2. The van der Waals surface area contributed by atoms with Crippen molar-refractivity contribution in [1.82, 2.24) is 19.9 Å². The van der Waals surface area contributed by atoms with E-state index in [4.69, 9.17) is 9.47 Å². The number of hydrogen-bond donors (Lipinski definition) is 0. The van der Waals surface area contributed by atoms with Crippen molar-refractivity contribution >= 4 is 27.4 Å². The van der Waals surface area contributed by atoms with Crippen LogP contribution >= 0.6 is 0 Å². The molecule has 11 heteroatoms. The number of likely N-dealkylation sites (tertiary alicyclic amines) is 1. The summed E-state index contributed by atoms with van der Waals surface area (Å²) in [7, 11) is -3.35. The number of fused-ring (bicyclic) bond motifs is 1. The Morgan fingerprint density at radius 3 is 2.69 bits per heavy atom. The molecule has 32 heavy (non-hydrogen) atoms. The molecule has 0 radical (unpaired) electrons. The third kappa shape index (κ3) is 4.47. The summed E-state index contributed by atoms with van der Waals surface area (Å²) in [5.41, 5.74) is 1.68. The van der Waals surface area contributed by atoms with Crippen LogP contribution in [0.4, 0.5) is 16.3 Å². The second-order valence-electron chi connectivity index (χ2n) is 8.01. The van der Waals surface area contributed by atoms with Crippen LogP contribution < -0.4 is 9.64 Å². The van der Waals surface area contributed by atoms with Crippen molar-refractivity contribution in [3.8, 4) is 5.88 Å². The molecule has 172 valence electrons. The summed E-state index contributed by atoms with van der Waals surface area (Å²) in [6.45, 7) is 5.39. The molecule has 0 spiro atoms. The maximum Gasteiger partial charge on any atom is 0.409 e. The van der Waals surface area contributed by atoms with E-state index >= 15 is 0 Å². The van der Waals surface area contributed by atoms with E-state index in [1.54, 1.807) is 24.1 Å². The molecule has 4 heterocycles. The number of carbonyl (C=O) groups is 1. The molecule has 0 bridgehead atoms. The van der Waals surface area contributed by atoms with E-state index in [1.165, 1.54) is 12.4 Å². The van der Waals surface area contributed by atoms with Crippen LogP contribution in [0.2, 0.25) is 0 Å². The Hall–Kier alpha value is -2.95. The molecule has 2 aliphatic heterocycles. The SMILES string of the molecule is CCOC(=O)N1CCC(Oc2ncnc3c2CCN3c2ccc(S(C)(=O)=O)nc2)CC1C. The lowest BCUT2D eigenvalue weighted by Gasteiger charge is -2.36. The molecule has 4 rings (SSSR count). The number of carbonyl (C=O) groups excluding carboxylic acids is 1. The largest absolute Gasteiger partial charge is 0.474 e. The van der Waals surface area contributed by atoms with Gasteiger partial charge >= 0.3 is 6.09 Å². The first kappa shape index (κ1) is 22.3. The van der Waals surface area contributed by atoms with Gasteiger partial charge in [-0.25, -0.2) is 28.2 Å². The molecule has 1 fully saturated rings. The summed E-state index contributed by atoms with van der Waals surface area (Å²) in [6.07, 6.45) is 5.90. The average molecular weight is 462 g/mol. The Morgan fingerprint density at radius 1 is 1.22 bits per heavy atom. The summed E-state index contributed by atoms with van der Waals surface area (Å²) in [5, 5.41) is 0.0376. The van der Waals surface area contributed by atoms with E-state index < -0.39 is 9.84 Å². The Kier molecular flexibility index (Phi) is 6.18. The normalized spacial score (nSPS) is 20.7. The monoisotopic (exact) mass is 461 g/mol. The first-order valence-corrected chi connectivity index (χ1v) is 12.5. The van der Waals surface area contributed by atoms with Crippen LogP contribution in [0, 0.1) is 0 Å². The Balaban J connectivity index is 1.48. The molecular formula is C21H27N5O5S. The van der Waals surface area contributed by atoms with Crippen molar-refractivity contribution in [3.63, 3.8) is 0 Å². The number of ether oxygens (including phenoxy) is 2. The highest BCUT2D eigenvalue weighted by Crippen LogP contribution is 2.37. The van der Waals surface area contributed by atoms with Crippen molar-refractivity contribution in [1.29, 1.82) is 0 Å². The number of anilines is 2. The summed E-state index contributed by atoms with van der Waals surface area (Å²) in [5.74, 6) is 1.29. The van der Waals surface area contributed by atoms with E-state index in [1.807, 2.05) is 11.8 Å². The number of pyridine rings is 1. The maximum atomic E-state index is 12.1. The number of amides is 1. The van der Waals surface area contributed by atoms with Gasteiger partial charge in [0.15, 0.2) is 14.9 Å². The van der Waals surface area contributed by atoms with Crippen molar-refractivity contribution in [2.24, 2.45) is 0 Å². The average Bonchev–Trinajstić information content (AvgIpc) is 3.19. The van der Waals surface area contributed by atoms with Gasteiger partial charge < -0.3 is 19.3 Å².